The number of amides is 2. The SMILES string of the molecule is CC(C)(C)c1ccc(NC2CCC(NC(=O)C3CNC(=O)C3)CC2)cc1. The van der Waals surface area contributed by atoms with E-state index in [4.69, 9.17) is 0 Å². The summed E-state index contributed by atoms with van der Waals surface area (Å²) in [5.74, 6) is -0.187. The summed E-state index contributed by atoms with van der Waals surface area (Å²) in [6.45, 7) is 7.15. The van der Waals surface area contributed by atoms with Crippen LogP contribution >= 0.6 is 0 Å². The monoisotopic (exact) mass is 357 g/mol. The van der Waals surface area contributed by atoms with E-state index in [1.165, 1.54) is 11.3 Å². The van der Waals surface area contributed by atoms with Crippen molar-refractivity contribution < 1.29 is 9.59 Å². The van der Waals surface area contributed by atoms with Crippen LogP contribution in [-0.4, -0.2) is 30.4 Å². The van der Waals surface area contributed by atoms with Gasteiger partial charge in [-0.2, -0.15) is 0 Å². The minimum Gasteiger partial charge on any atom is -0.382 e. The highest BCUT2D eigenvalue weighted by atomic mass is 16.2. The Hall–Kier alpha value is -2.04. The summed E-state index contributed by atoms with van der Waals surface area (Å²) >= 11 is 0. The van der Waals surface area contributed by atoms with Crippen molar-refractivity contribution >= 4 is 17.5 Å². The van der Waals surface area contributed by atoms with Crippen molar-refractivity contribution in [2.24, 2.45) is 5.92 Å². The van der Waals surface area contributed by atoms with E-state index >= 15 is 0 Å². The molecule has 0 bridgehead atoms. The maximum atomic E-state index is 12.2. The van der Waals surface area contributed by atoms with Crippen molar-refractivity contribution in [1.82, 2.24) is 10.6 Å². The molecule has 1 heterocycles. The fraction of sp³-hybridized carbons (Fsp3) is 0.619. The van der Waals surface area contributed by atoms with Gasteiger partial charge in [0.15, 0.2) is 0 Å². The molecule has 2 amide bonds. The summed E-state index contributed by atoms with van der Waals surface area (Å²) in [4.78, 5) is 23.5. The third-order valence-electron chi connectivity index (χ3n) is 5.54. The van der Waals surface area contributed by atoms with Gasteiger partial charge in [0.05, 0.1) is 5.92 Å². The number of hydrogen-bond donors (Lipinski definition) is 3. The first-order valence-corrected chi connectivity index (χ1v) is 9.75. The van der Waals surface area contributed by atoms with Gasteiger partial charge in [-0.15, -0.1) is 0 Å². The van der Waals surface area contributed by atoms with E-state index < -0.39 is 0 Å². The van der Waals surface area contributed by atoms with E-state index in [2.05, 4.69) is 61.0 Å². The van der Waals surface area contributed by atoms with E-state index in [9.17, 15) is 9.59 Å². The third kappa shape index (κ3) is 4.77. The van der Waals surface area contributed by atoms with Gasteiger partial charge < -0.3 is 16.0 Å². The highest BCUT2D eigenvalue weighted by Crippen LogP contribution is 2.26. The van der Waals surface area contributed by atoms with Crippen molar-refractivity contribution in [3.05, 3.63) is 29.8 Å². The number of carbonyl (C=O) groups is 2. The zero-order chi connectivity index (χ0) is 18.7. The minimum absolute atomic E-state index is 0.0180. The van der Waals surface area contributed by atoms with Gasteiger partial charge in [0.1, 0.15) is 0 Å². The van der Waals surface area contributed by atoms with E-state index in [0.717, 1.165) is 25.7 Å². The molecule has 3 rings (SSSR count). The van der Waals surface area contributed by atoms with E-state index in [-0.39, 0.29) is 29.2 Å². The Bertz CT molecular complexity index is 640. The summed E-state index contributed by atoms with van der Waals surface area (Å²) in [7, 11) is 0. The highest BCUT2D eigenvalue weighted by molar-refractivity contribution is 5.89. The number of nitrogens with one attached hydrogen (secondary N) is 3. The first-order valence-electron chi connectivity index (χ1n) is 9.75. The highest BCUT2D eigenvalue weighted by Gasteiger charge is 2.30. The van der Waals surface area contributed by atoms with Gasteiger partial charge in [0.25, 0.3) is 0 Å². The smallest absolute Gasteiger partial charge is 0.225 e. The van der Waals surface area contributed by atoms with Crippen molar-refractivity contribution in [2.45, 2.75) is 70.4 Å². The van der Waals surface area contributed by atoms with Crippen LogP contribution in [0.4, 0.5) is 5.69 Å². The average Bonchev–Trinajstić information content (AvgIpc) is 3.03. The lowest BCUT2D eigenvalue weighted by atomic mass is 9.87. The lowest BCUT2D eigenvalue weighted by Gasteiger charge is -2.31. The molecular weight excluding hydrogens is 326 g/mol. The van der Waals surface area contributed by atoms with E-state index in [1.54, 1.807) is 0 Å². The molecule has 2 aliphatic rings. The molecule has 1 aromatic rings. The average molecular weight is 357 g/mol. The second-order valence-electron chi connectivity index (χ2n) is 8.73. The predicted octanol–water partition coefficient (Wildman–Crippen LogP) is 2.96. The van der Waals surface area contributed by atoms with Crippen LogP contribution in [0.2, 0.25) is 0 Å². The molecule has 1 saturated heterocycles. The molecular formula is C21H31N3O2. The summed E-state index contributed by atoms with van der Waals surface area (Å²) < 4.78 is 0. The van der Waals surface area contributed by atoms with E-state index in [1.807, 2.05) is 0 Å². The molecule has 0 radical (unpaired) electrons. The molecule has 1 unspecified atom stereocenters. The van der Waals surface area contributed by atoms with Crippen molar-refractivity contribution in [1.29, 1.82) is 0 Å². The number of carbonyl (C=O) groups excluding carboxylic acids is 2. The van der Waals surface area contributed by atoms with Crippen LogP contribution in [-0.2, 0) is 15.0 Å². The first kappa shape index (κ1) is 18.7. The Morgan fingerprint density at radius 2 is 1.65 bits per heavy atom. The first-order chi connectivity index (χ1) is 12.3. The summed E-state index contributed by atoms with van der Waals surface area (Å²) in [5.41, 5.74) is 2.68. The fourth-order valence-electron chi connectivity index (χ4n) is 3.79. The lowest BCUT2D eigenvalue weighted by molar-refractivity contribution is -0.127. The molecule has 1 saturated carbocycles. The van der Waals surface area contributed by atoms with Crippen molar-refractivity contribution in [3.63, 3.8) is 0 Å². The molecule has 2 fully saturated rings. The maximum absolute atomic E-state index is 12.2. The Morgan fingerprint density at radius 3 is 2.19 bits per heavy atom. The van der Waals surface area contributed by atoms with Crippen LogP contribution in [0, 0.1) is 5.92 Å². The van der Waals surface area contributed by atoms with Gasteiger partial charge in [-0.3, -0.25) is 9.59 Å². The molecule has 5 nitrogen and oxygen atoms in total. The lowest BCUT2D eigenvalue weighted by Crippen LogP contribution is -2.43. The Morgan fingerprint density at radius 1 is 1.04 bits per heavy atom. The van der Waals surface area contributed by atoms with Gasteiger partial charge in [-0.1, -0.05) is 32.9 Å². The molecule has 5 heteroatoms. The van der Waals surface area contributed by atoms with Gasteiger partial charge in [-0.25, -0.2) is 0 Å². The predicted molar refractivity (Wildman–Crippen MR) is 104 cm³/mol. The van der Waals surface area contributed by atoms with Gasteiger partial charge in [0.2, 0.25) is 11.8 Å². The topological polar surface area (TPSA) is 70.2 Å². The minimum atomic E-state index is -0.195. The molecule has 1 aliphatic heterocycles. The van der Waals surface area contributed by atoms with Crippen LogP contribution in [0.25, 0.3) is 0 Å². The summed E-state index contributed by atoms with van der Waals surface area (Å²) in [6.07, 6.45) is 4.39. The third-order valence-corrected chi connectivity index (χ3v) is 5.54. The Labute approximate surface area is 156 Å². The van der Waals surface area contributed by atoms with Crippen LogP contribution in [0.3, 0.4) is 0 Å². The van der Waals surface area contributed by atoms with Crippen molar-refractivity contribution in [3.8, 4) is 0 Å². The van der Waals surface area contributed by atoms with E-state index in [0.29, 0.717) is 19.0 Å². The number of anilines is 1. The Kier molecular flexibility index (Phi) is 5.54. The van der Waals surface area contributed by atoms with Crippen LogP contribution < -0.4 is 16.0 Å². The van der Waals surface area contributed by atoms with Gasteiger partial charge >= 0.3 is 0 Å². The zero-order valence-corrected chi connectivity index (χ0v) is 16.1. The number of benzene rings is 1. The molecule has 3 N–H and O–H groups in total. The van der Waals surface area contributed by atoms with Gasteiger partial charge in [-0.05, 0) is 48.8 Å². The van der Waals surface area contributed by atoms with Crippen LogP contribution in [0.1, 0.15) is 58.4 Å². The molecule has 142 valence electrons. The zero-order valence-electron chi connectivity index (χ0n) is 16.1. The molecule has 1 aliphatic carbocycles. The summed E-state index contributed by atoms with van der Waals surface area (Å²) in [6, 6.07) is 9.42. The quantitative estimate of drug-likeness (QED) is 0.776. The van der Waals surface area contributed by atoms with Crippen molar-refractivity contribution in [2.75, 3.05) is 11.9 Å². The molecule has 1 atom stereocenters. The van der Waals surface area contributed by atoms with Crippen LogP contribution in [0.15, 0.2) is 24.3 Å². The number of rotatable bonds is 4. The van der Waals surface area contributed by atoms with Gasteiger partial charge in [0, 0.05) is 30.7 Å². The molecule has 26 heavy (non-hydrogen) atoms. The second-order valence-corrected chi connectivity index (χ2v) is 8.73. The standard InChI is InChI=1S/C21H31N3O2/c1-21(2,3)15-4-6-16(7-5-15)23-17-8-10-18(11-9-17)24-20(26)14-12-19(25)22-13-14/h4-7,14,17-18,23H,8-13H2,1-3H3,(H,22,25)(H,24,26). The molecule has 1 aromatic carbocycles. The number of hydrogen-bond acceptors (Lipinski definition) is 3. The Balaban J connectivity index is 1.43. The largest absolute Gasteiger partial charge is 0.382 e. The summed E-state index contributed by atoms with van der Waals surface area (Å²) in [5, 5.41) is 9.48. The van der Waals surface area contributed by atoms with Crippen LogP contribution in [0.5, 0.6) is 0 Å². The fourth-order valence-corrected chi connectivity index (χ4v) is 3.79. The molecule has 0 spiro atoms. The maximum Gasteiger partial charge on any atom is 0.225 e. The normalized spacial score (nSPS) is 26.3. The molecule has 0 aromatic heterocycles. The second kappa shape index (κ2) is 7.68.